The molecule has 0 spiro atoms. The van der Waals surface area contributed by atoms with Crippen molar-refractivity contribution in [2.24, 2.45) is 4.99 Å². The number of H-pyrrole nitrogens is 1. The van der Waals surface area contributed by atoms with E-state index < -0.39 is 0 Å². The number of fused-ring (bicyclic) bond motifs is 2. The molecule has 1 aliphatic rings. The summed E-state index contributed by atoms with van der Waals surface area (Å²) in [5.74, 6) is 1.85. The third-order valence-electron chi connectivity index (χ3n) is 4.72. The van der Waals surface area contributed by atoms with Gasteiger partial charge in [0.05, 0.1) is 13.2 Å². The summed E-state index contributed by atoms with van der Waals surface area (Å²) in [7, 11) is 1.80. The van der Waals surface area contributed by atoms with Gasteiger partial charge in [-0.25, -0.2) is 0 Å². The van der Waals surface area contributed by atoms with Crippen molar-refractivity contribution in [2.75, 3.05) is 20.2 Å². The van der Waals surface area contributed by atoms with Crippen LogP contribution in [-0.2, 0) is 19.4 Å². The summed E-state index contributed by atoms with van der Waals surface area (Å²) in [4.78, 5) is 7.73. The van der Waals surface area contributed by atoms with Gasteiger partial charge in [0.15, 0.2) is 5.96 Å². The highest BCUT2D eigenvalue weighted by Gasteiger charge is 2.11. The molecule has 3 aromatic rings. The van der Waals surface area contributed by atoms with E-state index in [4.69, 9.17) is 4.74 Å². The van der Waals surface area contributed by atoms with E-state index in [0.717, 1.165) is 48.9 Å². The largest absolute Gasteiger partial charge is 0.493 e. The first kappa shape index (κ1) is 16.5. The molecule has 0 bridgehead atoms. The Morgan fingerprint density at radius 3 is 2.96 bits per heavy atom. The van der Waals surface area contributed by atoms with Crippen molar-refractivity contribution in [3.05, 3.63) is 65.4 Å². The zero-order valence-corrected chi connectivity index (χ0v) is 15.0. The van der Waals surface area contributed by atoms with Crippen molar-refractivity contribution in [3.63, 3.8) is 0 Å². The van der Waals surface area contributed by atoms with Crippen molar-refractivity contribution in [3.8, 4) is 5.75 Å². The maximum atomic E-state index is 5.56. The summed E-state index contributed by atoms with van der Waals surface area (Å²) in [6, 6.07) is 17.0. The van der Waals surface area contributed by atoms with E-state index in [1.54, 1.807) is 7.05 Å². The number of aliphatic imine (C=N–C) groups is 1. The second kappa shape index (κ2) is 7.52. The van der Waals surface area contributed by atoms with E-state index in [9.17, 15) is 0 Å². The molecule has 0 fully saturated rings. The quantitative estimate of drug-likeness (QED) is 0.491. The summed E-state index contributed by atoms with van der Waals surface area (Å²) in [6.45, 7) is 2.36. The van der Waals surface area contributed by atoms with Crippen LogP contribution in [0.4, 0.5) is 0 Å². The van der Waals surface area contributed by atoms with Crippen LogP contribution in [-0.4, -0.2) is 31.1 Å². The fourth-order valence-corrected chi connectivity index (χ4v) is 3.35. The van der Waals surface area contributed by atoms with Crippen LogP contribution in [0.5, 0.6) is 5.75 Å². The van der Waals surface area contributed by atoms with Gasteiger partial charge in [0.25, 0.3) is 0 Å². The van der Waals surface area contributed by atoms with Gasteiger partial charge in [-0.2, -0.15) is 0 Å². The predicted molar refractivity (Wildman–Crippen MR) is 106 cm³/mol. The van der Waals surface area contributed by atoms with Crippen molar-refractivity contribution in [1.82, 2.24) is 15.6 Å². The van der Waals surface area contributed by atoms with Crippen molar-refractivity contribution < 1.29 is 4.74 Å². The molecule has 5 nitrogen and oxygen atoms in total. The molecule has 0 saturated carbocycles. The highest BCUT2D eigenvalue weighted by molar-refractivity contribution is 5.81. The SMILES string of the molecule is CN=C(NCCc1ccc2c(c1)CCO2)NCc1cc2ccccc2[nH]1. The fraction of sp³-hybridized carbons (Fsp3) is 0.286. The number of guanidine groups is 1. The van der Waals surface area contributed by atoms with E-state index >= 15 is 0 Å². The average molecular weight is 348 g/mol. The van der Waals surface area contributed by atoms with Gasteiger partial charge in [-0.1, -0.05) is 30.3 Å². The third kappa shape index (κ3) is 3.67. The first-order chi connectivity index (χ1) is 12.8. The van der Waals surface area contributed by atoms with Gasteiger partial charge < -0.3 is 20.4 Å². The first-order valence-electron chi connectivity index (χ1n) is 9.07. The molecule has 0 aliphatic carbocycles. The number of aromatic amines is 1. The molecule has 0 amide bonds. The lowest BCUT2D eigenvalue weighted by molar-refractivity contribution is 0.357. The standard InChI is InChI=1S/C21H24N4O/c1-22-21(24-14-18-13-16-4-2-3-5-19(16)25-18)23-10-8-15-6-7-20-17(12-15)9-11-26-20/h2-7,12-13,25H,8-11,14H2,1H3,(H2,22,23,24). The van der Waals surface area contributed by atoms with Gasteiger partial charge >= 0.3 is 0 Å². The van der Waals surface area contributed by atoms with E-state index in [1.807, 2.05) is 6.07 Å². The van der Waals surface area contributed by atoms with E-state index in [1.165, 1.54) is 16.5 Å². The zero-order valence-electron chi connectivity index (χ0n) is 15.0. The lowest BCUT2D eigenvalue weighted by atomic mass is 10.1. The van der Waals surface area contributed by atoms with Gasteiger partial charge in [0.1, 0.15) is 5.75 Å². The molecule has 4 rings (SSSR count). The summed E-state index contributed by atoms with van der Waals surface area (Å²) < 4.78 is 5.56. The van der Waals surface area contributed by atoms with Gasteiger partial charge in [0, 0.05) is 31.2 Å². The molecule has 0 unspecified atom stereocenters. The minimum atomic E-state index is 0.713. The third-order valence-corrected chi connectivity index (χ3v) is 4.72. The molecule has 0 atom stereocenters. The summed E-state index contributed by atoms with van der Waals surface area (Å²) in [5, 5.41) is 7.98. The van der Waals surface area contributed by atoms with Crippen LogP contribution in [0, 0.1) is 0 Å². The van der Waals surface area contributed by atoms with E-state index in [-0.39, 0.29) is 0 Å². The topological polar surface area (TPSA) is 61.4 Å². The summed E-state index contributed by atoms with van der Waals surface area (Å²) in [5.41, 5.74) is 4.96. The van der Waals surface area contributed by atoms with Crippen LogP contribution in [0.2, 0.25) is 0 Å². The Morgan fingerprint density at radius 1 is 1.15 bits per heavy atom. The van der Waals surface area contributed by atoms with Crippen molar-refractivity contribution >= 4 is 16.9 Å². The van der Waals surface area contributed by atoms with Crippen LogP contribution in [0.3, 0.4) is 0 Å². The van der Waals surface area contributed by atoms with Crippen LogP contribution in [0.15, 0.2) is 53.5 Å². The number of benzene rings is 2. The van der Waals surface area contributed by atoms with Gasteiger partial charge in [-0.05, 0) is 41.1 Å². The molecule has 2 heterocycles. The minimum Gasteiger partial charge on any atom is -0.493 e. The number of ether oxygens (including phenoxy) is 1. The second-order valence-electron chi connectivity index (χ2n) is 6.52. The number of aromatic nitrogens is 1. The fourth-order valence-electron chi connectivity index (χ4n) is 3.35. The Hall–Kier alpha value is -2.95. The van der Waals surface area contributed by atoms with Crippen LogP contribution in [0.25, 0.3) is 10.9 Å². The van der Waals surface area contributed by atoms with Crippen molar-refractivity contribution in [2.45, 2.75) is 19.4 Å². The monoisotopic (exact) mass is 348 g/mol. The smallest absolute Gasteiger partial charge is 0.191 e. The van der Waals surface area contributed by atoms with Gasteiger partial charge in [0.2, 0.25) is 0 Å². The minimum absolute atomic E-state index is 0.713. The van der Waals surface area contributed by atoms with E-state index in [2.05, 4.69) is 63.1 Å². The predicted octanol–water partition coefficient (Wildman–Crippen LogP) is 3.01. The first-order valence-corrected chi connectivity index (χ1v) is 9.07. The molecule has 1 aromatic heterocycles. The Kier molecular flexibility index (Phi) is 4.78. The molecule has 26 heavy (non-hydrogen) atoms. The van der Waals surface area contributed by atoms with Crippen LogP contribution < -0.4 is 15.4 Å². The van der Waals surface area contributed by atoms with Crippen LogP contribution >= 0.6 is 0 Å². The molecule has 5 heteroatoms. The normalized spacial score (nSPS) is 13.5. The number of rotatable bonds is 5. The molecule has 0 radical (unpaired) electrons. The number of hydrogen-bond acceptors (Lipinski definition) is 2. The Morgan fingerprint density at radius 2 is 2.08 bits per heavy atom. The summed E-state index contributed by atoms with van der Waals surface area (Å²) in [6.07, 6.45) is 1.98. The lowest BCUT2D eigenvalue weighted by Gasteiger charge is -2.11. The lowest BCUT2D eigenvalue weighted by Crippen LogP contribution is -2.37. The molecular weight excluding hydrogens is 324 g/mol. The highest BCUT2D eigenvalue weighted by atomic mass is 16.5. The molecule has 1 aliphatic heterocycles. The highest BCUT2D eigenvalue weighted by Crippen LogP contribution is 2.25. The molecule has 134 valence electrons. The maximum absolute atomic E-state index is 5.56. The van der Waals surface area contributed by atoms with Gasteiger partial charge in [-0.15, -0.1) is 0 Å². The van der Waals surface area contributed by atoms with Crippen LogP contribution in [0.1, 0.15) is 16.8 Å². The number of nitrogens with zero attached hydrogens (tertiary/aromatic N) is 1. The summed E-state index contributed by atoms with van der Waals surface area (Å²) >= 11 is 0. The number of nitrogens with one attached hydrogen (secondary N) is 3. The zero-order chi connectivity index (χ0) is 17.8. The molecular formula is C21H24N4O. The Bertz CT molecular complexity index is 896. The van der Waals surface area contributed by atoms with Gasteiger partial charge in [-0.3, -0.25) is 4.99 Å². The molecule has 3 N–H and O–H groups in total. The Labute approximate surface area is 153 Å². The second-order valence-corrected chi connectivity index (χ2v) is 6.52. The Balaban J connectivity index is 1.28. The number of para-hydroxylation sites is 1. The van der Waals surface area contributed by atoms with Crippen molar-refractivity contribution in [1.29, 1.82) is 0 Å². The van der Waals surface area contributed by atoms with E-state index in [0.29, 0.717) is 6.54 Å². The average Bonchev–Trinajstić information content (AvgIpc) is 3.30. The maximum Gasteiger partial charge on any atom is 0.191 e. The molecule has 0 saturated heterocycles. The molecule has 2 aromatic carbocycles. The number of hydrogen-bond donors (Lipinski definition) is 3.